The predicted molar refractivity (Wildman–Crippen MR) is 88.1 cm³/mol. The van der Waals surface area contributed by atoms with Crippen LogP contribution in [0.15, 0.2) is 28.9 Å². The Bertz CT molecular complexity index is 625. The minimum Gasteiger partial charge on any atom is -0.339 e. The summed E-state index contributed by atoms with van der Waals surface area (Å²) in [5.41, 5.74) is 2.19. The second-order valence-corrected chi connectivity index (χ2v) is 6.15. The molecule has 2 aromatic rings. The number of nitrogens with one attached hydrogen (secondary N) is 1. The van der Waals surface area contributed by atoms with Gasteiger partial charge in [0.05, 0.1) is 11.9 Å². The van der Waals surface area contributed by atoms with Crippen LogP contribution in [0.5, 0.6) is 0 Å². The van der Waals surface area contributed by atoms with Crippen LogP contribution in [0, 0.1) is 6.92 Å². The average Bonchev–Trinajstić information content (AvgIpc) is 2.51. The summed E-state index contributed by atoms with van der Waals surface area (Å²) in [6.45, 7) is 4.09. The van der Waals surface area contributed by atoms with Crippen LogP contribution in [-0.2, 0) is 0 Å². The SMILES string of the molecule is Cc1ccc(Nc2cnnc(N3CCCCC3)n2)c(Br)c1. The number of anilines is 3. The van der Waals surface area contributed by atoms with Crippen LogP contribution in [-0.4, -0.2) is 28.3 Å². The maximum atomic E-state index is 4.58. The Morgan fingerprint density at radius 2 is 2.00 bits per heavy atom. The highest BCUT2D eigenvalue weighted by Gasteiger charge is 2.14. The Morgan fingerprint density at radius 1 is 1.19 bits per heavy atom. The molecule has 0 bridgehead atoms. The van der Waals surface area contributed by atoms with Gasteiger partial charge in [-0.2, -0.15) is 10.1 Å². The molecule has 0 aliphatic carbocycles. The highest BCUT2D eigenvalue weighted by atomic mass is 79.9. The number of piperidine rings is 1. The van der Waals surface area contributed by atoms with E-state index in [9.17, 15) is 0 Å². The van der Waals surface area contributed by atoms with E-state index in [-0.39, 0.29) is 0 Å². The van der Waals surface area contributed by atoms with E-state index in [1.165, 1.54) is 24.8 Å². The summed E-state index contributed by atoms with van der Waals surface area (Å²) in [6.07, 6.45) is 5.34. The predicted octanol–water partition coefficient (Wildman–Crippen LogP) is 3.68. The van der Waals surface area contributed by atoms with Crippen LogP contribution in [0.25, 0.3) is 0 Å². The fourth-order valence-corrected chi connectivity index (χ4v) is 3.03. The number of halogens is 1. The van der Waals surface area contributed by atoms with E-state index in [0.717, 1.165) is 29.1 Å². The second-order valence-electron chi connectivity index (χ2n) is 5.30. The van der Waals surface area contributed by atoms with Gasteiger partial charge in [0, 0.05) is 17.6 Å². The van der Waals surface area contributed by atoms with Crippen LogP contribution in [0.3, 0.4) is 0 Å². The minimum atomic E-state index is 0.711. The molecule has 6 heteroatoms. The fraction of sp³-hybridized carbons (Fsp3) is 0.400. The summed E-state index contributed by atoms with van der Waals surface area (Å²) in [4.78, 5) is 6.78. The normalized spacial score (nSPS) is 15.0. The van der Waals surface area contributed by atoms with Gasteiger partial charge in [-0.25, -0.2) is 0 Å². The lowest BCUT2D eigenvalue weighted by Crippen LogP contribution is -2.31. The zero-order valence-electron chi connectivity index (χ0n) is 12.0. The van der Waals surface area contributed by atoms with Gasteiger partial charge < -0.3 is 10.2 Å². The zero-order valence-corrected chi connectivity index (χ0v) is 13.6. The van der Waals surface area contributed by atoms with Gasteiger partial charge in [0.25, 0.3) is 0 Å². The van der Waals surface area contributed by atoms with E-state index >= 15 is 0 Å². The Labute approximate surface area is 132 Å². The maximum absolute atomic E-state index is 4.58. The summed E-state index contributed by atoms with van der Waals surface area (Å²) in [5.74, 6) is 1.43. The smallest absolute Gasteiger partial charge is 0.247 e. The number of hydrogen-bond acceptors (Lipinski definition) is 5. The lowest BCUT2D eigenvalue weighted by Gasteiger charge is -2.26. The molecule has 21 heavy (non-hydrogen) atoms. The topological polar surface area (TPSA) is 53.9 Å². The van der Waals surface area contributed by atoms with Gasteiger partial charge in [-0.15, -0.1) is 5.10 Å². The summed E-state index contributed by atoms with van der Waals surface area (Å²) in [6, 6.07) is 6.16. The fourth-order valence-electron chi connectivity index (χ4n) is 2.44. The molecule has 0 saturated carbocycles. The van der Waals surface area contributed by atoms with Crippen molar-refractivity contribution in [2.45, 2.75) is 26.2 Å². The van der Waals surface area contributed by atoms with Crippen LogP contribution >= 0.6 is 15.9 Å². The van der Waals surface area contributed by atoms with Gasteiger partial charge in [-0.1, -0.05) is 6.07 Å². The van der Waals surface area contributed by atoms with E-state index in [1.807, 2.05) is 6.07 Å². The third-order valence-corrected chi connectivity index (χ3v) is 4.23. The number of aryl methyl sites for hydroxylation is 1. The summed E-state index contributed by atoms with van der Waals surface area (Å²) in [7, 11) is 0. The monoisotopic (exact) mass is 347 g/mol. The van der Waals surface area contributed by atoms with Gasteiger partial charge in [-0.3, -0.25) is 0 Å². The first kappa shape index (κ1) is 14.3. The first-order valence-corrected chi connectivity index (χ1v) is 7.99. The molecule has 2 heterocycles. The van der Waals surface area contributed by atoms with Crippen molar-refractivity contribution >= 4 is 33.4 Å². The van der Waals surface area contributed by atoms with Gasteiger partial charge in [0.15, 0.2) is 5.82 Å². The Morgan fingerprint density at radius 3 is 2.76 bits per heavy atom. The largest absolute Gasteiger partial charge is 0.339 e. The standard InChI is InChI=1S/C15H18BrN5/c1-11-5-6-13(12(16)9-11)18-14-10-17-20-15(19-14)21-7-3-2-4-8-21/h5-6,9-10H,2-4,7-8H2,1H3,(H,18,19,20). The molecule has 1 aromatic carbocycles. The van der Waals surface area contributed by atoms with Crippen molar-refractivity contribution in [1.82, 2.24) is 15.2 Å². The van der Waals surface area contributed by atoms with Gasteiger partial charge in [-0.05, 0) is 59.8 Å². The van der Waals surface area contributed by atoms with E-state index < -0.39 is 0 Å². The number of aromatic nitrogens is 3. The maximum Gasteiger partial charge on any atom is 0.247 e. The minimum absolute atomic E-state index is 0.711. The highest BCUT2D eigenvalue weighted by Crippen LogP contribution is 2.26. The van der Waals surface area contributed by atoms with E-state index in [4.69, 9.17) is 0 Å². The zero-order chi connectivity index (χ0) is 14.7. The molecule has 0 atom stereocenters. The van der Waals surface area contributed by atoms with Crippen molar-refractivity contribution in [3.8, 4) is 0 Å². The molecule has 1 aromatic heterocycles. The molecule has 1 saturated heterocycles. The van der Waals surface area contributed by atoms with Gasteiger partial charge >= 0.3 is 0 Å². The number of rotatable bonds is 3. The molecule has 3 rings (SSSR count). The van der Waals surface area contributed by atoms with Crippen molar-refractivity contribution in [2.24, 2.45) is 0 Å². The quantitative estimate of drug-likeness (QED) is 0.917. The van der Waals surface area contributed by atoms with Crippen molar-refractivity contribution in [3.05, 3.63) is 34.4 Å². The molecule has 1 N–H and O–H groups in total. The van der Waals surface area contributed by atoms with Crippen LogP contribution in [0.4, 0.5) is 17.5 Å². The first-order valence-electron chi connectivity index (χ1n) is 7.20. The molecule has 0 unspecified atom stereocenters. The van der Waals surface area contributed by atoms with E-state index in [1.54, 1.807) is 6.20 Å². The Balaban J connectivity index is 1.79. The molecule has 1 aliphatic heterocycles. The van der Waals surface area contributed by atoms with Crippen molar-refractivity contribution in [2.75, 3.05) is 23.3 Å². The Kier molecular flexibility index (Phi) is 4.34. The molecule has 110 valence electrons. The van der Waals surface area contributed by atoms with Crippen LogP contribution in [0.2, 0.25) is 0 Å². The lowest BCUT2D eigenvalue weighted by atomic mass is 10.1. The number of nitrogens with zero attached hydrogens (tertiary/aromatic N) is 4. The molecule has 0 spiro atoms. The molecule has 0 radical (unpaired) electrons. The summed E-state index contributed by atoms with van der Waals surface area (Å²) < 4.78 is 1.01. The summed E-state index contributed by atoms with van der Waals surface area (Å²) in [5, 5.41) is 11.5. The van der Waals surface area contributed by atoms with E-state index in [0.29, 0.717) is 5.95 Å². The molecular formula is C15H18BrN5. The van der Waals surface area contributed by atoms with Crippen LogP contribution in [0.1, 0.15) is 24.8 Å². The lowest BCUT2D eigenvalue weighted by molar-refractivity contribution is 0.565. The number of benzene rings is 1. The first-order chi connectivity index (χ1) is 10.2. The molecule has 0 amide bonds. The third kappa shape index (κ3) is 3.50. The van der Waals surface area contributed by atoms with Gasteiger partial charge in [0.1, 0.15) is 0 Å². The molecule has 1 aliphatic rings. The van der Waals surface area contributed by atoms with Crippen LogP contribution < -0.4 is 10.2 Å². The average molecular weight is 348 g/mol. The van der Waals surface area contributed by atoms with E-state index in [2.05, 4.69) is 60.4 Å². The molecule has 1 fully saturated rings. The highest BCUT2D eigenvalue weighted by molar-refractivity contribution is 9.10. The summed E-state index contributed by atoms with van der Waals surface area (Å²) >= 11 is 3.56. The molecular weight excluding hydrogens is 330 g/mol. The Hall–Kier alpha value is -1.69. The second kappa shape index (κ2) is 6.39. The number of hydrogen-bond donors (Lipinski definition) is 1. The van der Waals surface area contributed by atoms with Crippen molar-refractivity contribution in [3.63, 3.8) is 0 Å². The molecule has 5 nitrogen and oxygen atoms in total. The third-order valence-electron chi connectivity index (χ3n) is 3.57. The van der Waals surface area contributed by atoms with Crippen molar-refractivity contribution in [1.29, 1.82) is 0 Å². The van der Waals surface area contributed by atoms with Crippen molar-refractivity contribution < 1.29 is 0 Å². The van der Waals surface area contributed by atoms with Gasteiger partial charge in [0.2, 0.25) is 5.95 Å².